The minimum absolute atomic E-state index is 0.0229. The van der Waals surface area contributed by atoms with Gasteiger partial charge in [-0.05, 0) is 18.2 Å². The Labute approximate surface area is 147 Å². The number of hydrogen-bond donors (Lipinski definition) is 0. The molecular weight excluding hydrogens is 324 g/mol. The van der Waals surface area contributed by atoms with Gasteiger partial charge in [0.25, 0.3) is 0 Å². The van der Waals surface area contributed by atoms with Crippen molar-refractivity contribution in [3.8, 4) is 17.7 Å². The van der Waals surface area contributed by atoms with Gasteiger partial charge in [-0.1, -0.05) is 41.6 Å². The van der Waals surface area contributed by atoms with E-state index in [1.807, 2.05) is 30.3 Å². The van der Waals surface area contributed by atoms with Gasteiger partial charge in [-0.2, -0.15) is 0 Å². The van der Waals surface area contributed by atoms with Crippen LogP contribution in [0.4, 0.5) is 0 Å². The lowest BCUT2D eigenvalue weighted by Crippen LogP contribution is -2.45. The van der Waals surface area contributed by atoms with E-state index in [2.05, 4.69) is 21.7 Å². The maximum absolute atomic E-state index is 5.81. The summed E-state index contributed by atoms with van der Waals surface area (Å²) in [7, 11) is 0. The number of pyridine rings is 1. The first-order valence-electron chi connectivity index (χ1n) is 7.92. The van der Waals surface area contributed by atoms with Crippen molar-refractivity contribution in [1.82, 2.24) is 9.88 Å². The van der Waals surface area contributed by atoms with E-state index in [9.17, 15) is 0 Å². The van der Waals surface area contributed by atoms with Gasteiger partial charge in [0, 0.05) is 30.9 Å². The maximum Gasteiger partial charge on any atom is 0.213 e. The predicted molar refractivity (Wildman–Crippen MR) is 94.2 cm³/mol. The molecule has 1 aromatic heterocycles. The molecule has 0 aliphatic carbocycles. The second-order valence-corrected chi connectivity index (χ2v) is 5.96. The van der Waals surface area contributed by atoms with Crippen LogP contribution in [0.3, 0.4) is 0 Å². The number of morpholine rings is 1. The van der Waals surface area contributed by atoms with Crippen LogP contribution < -0.4 is 4.74 Å². The lowest BCUT2D eigenvalue weighted by molar-refractivity contribution is -0.0447. The molecule has 1 atom stereocenters. The van der Waals surface area contributed by atoms with Crippen molar-refractivity contribution >= 4 is 11.6 Å². The fraction of sp³-hybridized carbons (Fsp3) is 0.316. The van der Waals surface area contributed by atoms with Crippen LogP contribution >= 0.6 is 11.6 Å². The summed E-state index contributed by atoms with van der Waals surface area (Å²) in [6, 6.07) is 13.5. The van der Waals surface area contributed by atoms with Crippen molar-refractivity contribution in [2.24, 2.45) is 0 Å². The molecule has 1 aliphatic rings. The number of hydrogen-bond acceptors (Lipinski definition) is 4. The largest absolute Gasteiger partial charge is 0.475 e. The molecule has 4 nitrogen and oxygen atoms in total. The fourth-order valence-electron chi connectivity index (χ4n) is 2.43. The molecule has 0 amide bonds. The summed E-state index contributed by atoms with van der Waals surface area (Å²) >= 11 is 5.81. The van der Waals surface area contributed by atoms with Crippen LogP contribution in [0.2, 0.25) is 5.02 Å². The Hall–Kier alpha value is -2.06. The summed E-state index contributed by atoms with van der Waals surface area (Å²) in [5.74, 6) is 6.97. The average molecular weight is 343 g/mol. The zero-order valence-electron chi connectivity index (χ0n) is 13.3. The van der Waals surface area contributed by atoms with E-state index in [1.165, 1.54) is 0 Å². The molecule has 3 rings (SSSR count). The molecule has 1 aromatic carbocycles. The van der Waals surface area contributed by atoms with Gasteiger partial charge in [-0.25, -0.2) is 4.98 Å². The number of nitrogens with zero attached hydrogens (tertiary/aromatic N) is 2. The summed E-state index contributed by atoms with van der Waals surface area (Å²) in [5.41, 5.74) is 1.04. The molecule has 1 unspecified atom stereocenters. The first-order chi connectivity index (χ1) is 11.8. The highest BCUT2D eigenvalue weighted by atomic mass is 35.5. The van der Waals surface area contributed by atoms with Gasteiger partial charge in [0.2, 0.25) is 5.88 Å². The average Bonchev–Trinajstić information content (AvgIpc) is 2.63. The predicted octanol–water partition coefficient (Wildman–Crippen LogP) is 2.87. The Balaban J connectivity index is 1.46. The molecule has 0 saturated carbocycles. The van der Waals surface area contributed by atoms with Gasteiger partial charge in [-0.3, -0.25) is 4.90 Å². The molecule has 2 aromatic rings. The van der Waals surface area contributed by atoms with E-state index in [4.69, 9.17) is 21.1 Å². The number of ether oxygens (including phenoxy) is 2. The van der Waals surface area contributed by atoms with E-state index in [0.29, 0.717) is 24.1 Å². The highest BCUT2D eigenvalue weighted by Crippen LogP contribution is 2.13. The van der Waals surface area contributed by atoms with E-state index in [0.717, 1.165) is 25.2 Å². The SMILES string of the molecule is Clc1ccc(OCC2CN(CC#Cc3ccccc3)CCO2)nc1. The first-order valence-corrected chi connectivity index (χ1v) is 8.29. The molecule has 0 radical (unpaired) electrons. The van der Waals surface area contributed by atoms with Gasteiger partial charge >= 0.3 is 0 Å². The lowest BCUT2D eigenvalue weighted by atomic mass is 10.2. The van der Waals surface area contributed by atoms with Crippen LogP contribution in [0.25, 0.3) is 0 Å². The van der Waals surface area contributed by atoms with Crippen LogP contribution in [-0.2, 0) is 4.74 Å². The number of rotatable bonds is 4. The summed E-state index contributed by atoms with van der Waals surface area (Å²) in [6.45, 7) is 3.58. The third-order valence-electron chi connectivity index (χ3n) is 3.65. The van der Waals surface area contributed by atoms with Crippen LogP contribution in [0.1, 0.15) is 5.56 Å². The minimum atomic E-state index is 0.0229. The normalized spacial score (nSPS) is 17.8. The van der Waals surface area contributed by atoms with Crippen molar-refractivity contribution < 1.29 is 9.47 Å². The summed E-state index contributed by atoms with van der Waals surface area (Å²) < 4.78 is 11.4. The van der Waals surface area contributed by atoms with Gasteiger partial charge in [-0.15, -0.1) is 0 Å². The third-order valence-corrected chi connectivity index (χ3v) is 3.87. The van der Waals surface area contributed by atoms with Gasteiger partial charge in [0.05, 0.1) is 18.2 Å². The van der Waals surface area contributed by atoms with Crippen LogP contribution in [0.15, 0.2) is 48.7 Å². The first kappa shape index (κ1) is 16.8. The number of aromatic nitrogens is 1. The molecule has 1 fully saturated rings. The summed E-state index contributed by atoms with van der Waals surface area (Å²) in [5, 5.41) is 0.597. The Bertz CT molecular complexity index is 695. The van der Waals surface area contributed by atoms with E-state index in [1.54, 1.807) is 18.3 Å². The van der Waals surface area contributed by atoms with Crippen molar-refractivity contribution in [2.75, 3.05) is 32.8 Å². The Morgan fingerprint density at radius 3 is 2.92 bits per heavy atom. The van der Waals surface area contributed by atoms with E-state index >= 15 is 0 Å². The van der Waals surface area contributed by atoms with Gasteiger partial charge in [0.1, 0.15) is 12.7 Å². The fourth-order valence-corrected chi connectivity index (χ4v) is 2.54. The smallest absolute Gasteiger partial charge is 0.213 e. The molecule has 2 heterocycles. The Kier molecular flexibility index (Phi) is 6.08. The monoisotopic (exact) mass is 342 g/mol. The minimum Gasteiger partial charge on any atom is -0.475 e. The lowest BCUT2D eigenvalue weighted by Gasteiger charge is -2.31. The van der Waals surface area contributed by atoms with Crippen LogP contribution in [-0.4, -0.2) is 48.8 Å². The molecule has 0 bridgehead atoms. The second-order valence-electron chi connectivity index (χ2n) is 5.52. The molecule has 0 N–H and O–H groups in total. The molecule has 1 aliphatic heterocycles. The van der Waals surface area contributed by atoms with E-state index < -0.39 is 0 Å². The second kappa shape index (κ2) is 8.70. The zero-order chi connectivity index (χ0) is 16.6. The summed E-state index contributed by atoms with van der Waals surface area (Å²) in [4.78, 5) is 6.40. The molecule has 0 spiro atoms. The topological polar surface area (TPSA) is 34.6 Å². The maximum atomic E-state index is 5.81. The third kappa shape index (κ3) is 5.24. The zero-order valence-corrected chi connectivity index (χ0v) is 14.1. The quantitative estimate of drug-likeness (QED) is 0.800. The van der Waals surface area contributed by atoms with Crippen molar-refractivity contribution in [3.63, 3.8) is 0 Å². The molecule has 124 valence electrons. The molecular formula is C19H19ClN2O2. The van der Waals surface area contributed by atoms with Crippen LogP contribution in [0, 0.1) is 11.8 Å². The molecule has 24 heavy (non-hydrogen) atoms. The Morgan fingerprint density at radius 2 is 2.12 bits per heavy atom. The molecule has 5 heteroatoms. The highest BCUT2D eigenvalue weighted by molar-refractivity contribution is 6.30. The van der Waals surface area contributed by atoms with Crippen molar-refractivity contribution in [3.05, 3.63) is 59.2 Å². The van der Waals surface area contributed by atoms with Crippen molar-refractivity contribution in [1.29, 1.82) is 0 Å². The van der Waals surface area contributed by atoms with Gasteiger partial charge < -0.3 is 9.47 Å². The Morgan fingerprint density at radius 1 is 1.25 bits per heavy atom. The van der Waals surface area contributed by atoms with Crippen molar-refractivity contribution in [2.45, 2.75) is 6.10 Å². The number of benzene rings is 1. The van der Waals surface area contributed by atoms with Gasteiger partial charge in [0.15, 0.2) is 0 Å². The highest BCUT2D eigenvalue weighted by Gasteiger charge is 2.20. The molecule has 1 saturated heterocycles. The summed E-state index contributed by atoms with van der Waals surface area (Å²) in [6.07, 6.45) is 1.60. The number of halogens is 1. The standard InChI is InChI=1S/C19H19ClN2O2/c20-17-8-9-19(21-13-17)24-15-18-14-22(11-12-23-18)10-4-7-16-5-2-1-3-6-16/h1-3,5-6,8-9,13,18H,10-12,14-15H2. The van der Waals surface area contributed by atoms with E-state index in [-0.39, 0.29) is 6.10 Å². The van der Waals surface area contributed by atoms with Crippen LogP contribution in [0.5, 0.6) is 5.88 Å².